The first-order valence-corrected chi connectivity index (χ1v) is 9.46. The van der Waals surface area contributed by atoms with E-state index in [9.17, 15) is 5.11 Å². The standard InChI is InChI=1S/C20H29N5O/c1-3-22-20(23-9-7-17-5-4-6-18(26)13-17)24-11-8-16(2)19(14-24)25-12-10-21-15-25/h4-6,10,12-13,15-16,19,26H,3,7-9,11,14H2,1-2H3,(H,22,23). The average Bonchev–Trinajstić information content (AvgIpc) is 3.16. The minimum atomic E-state index is 0.312. The molecule has 2 unspecified atom stereocenters. The van der Waals surface area contributed by atoms with E-state index in [1.807, 2.05) is 24.7 Å². The molecule has 0 bridgehead atoms. The molecule has 26 heavy (non-hydrogen) atoms. The second-order valence-electron chi connectivity index (χ2n) is 6.94. The highest BCUT2D eigenvalue weighted by Crippen LogP contribution is 2.27. The van der Waals surface area contributed by atoms with Gasteiger partial charge in [-0.15, -0.1) is 0 Å². The van der Waals surface area contributed by atoms with E-state index in [4.69, 9.17) is 4.99 Å². The normalized spacial score (nSPS) is 21.0. The van der Waals surface area contributed by atoms with Gasteiger partial charge < -0.3 is 19.9 Å². The van der Waals surface area contributed by atoms with Crippen LogP contribution >= 0.6 is 0 Å². The zero-order valence-electron chi connectivity index (χ0n) is 15.7. The van der Waals surface area contributed by atoms with Gasteiger partial charge in [0.1, 0.15) is 5.75 Å². The van der Waals surface area contributed by atoms with Gasteiger partial charge in [0.25, 0.3) is 0 Å². The number of nitrogens with zero attached hydrogens (tertiary/aromatic N) is 4. The van der Waals surface area contributed by atoms with Crippen LogP contribution in [0.2, 0.25) is 0 Å². The third-order valence-corrected chi connectivity index (χ3v) is 5.03. The van der Waals surface area contributed by atoms with Crippen LogP contribution in [0.15, 0.2) is 48.0 Å². The molecule has 1 aromatic heterocycles. The minimum Gasteiger partial charge on any atom is -0.508 e. The van der Waals surface area contributed by atoms with Crippen molar-refractivity contribution in [2.45, 2.75) is 32.7 Å². The van der Waals surface area contributed by atoms with Crippen LogP contribution in [0.3, 0.4) is 0 Å². The number of hydrogen-bond donors (Lipinski definition) is 2. The van der Waals surface area contributed by atoms with Crippen LogP contribution in [0, 0.1) is 5.92 Å². The maximum atomic E-state index is 9.59. The van der Waals surface area contributed by atoms with E-state index < -0.39 is 0 Å². The average molecular weight is 355 g/mol. The van der Waals surface area contributed by atoms with Crippen LogP contribution in [0.25, 0.3) is 0 Å². The Kier molecular flexibility index (Phi) is 6.15. The highest BCUT2D eigenvalue weighted by molar-refractivity contribution is 5.80. The molecular weight excluding hydrogens is 326 g/mol. The number of rotatable bonds is 5. The first-order valence-electron chi connectivity index (χ1n) is 9.46. The Balaban J connectivity index is 1.66. The largest absolute Gasteiger partial charge is 0.508 e. The highest BCUT2D eigenvalue weighted by atomic mass is 16.3. The maximum Gasteiger partial charge on any atom is 0.193 e. The number of imidazole rings is 1. The SMILES string of the molecule is CCNC(=NCCc1cccc(O)c1)N1CCC(C)C(n2ccnc2)C1. The van der Waals surface area contributed by atoms with Crippen molar-refractivity contribution in [3.8, 4) is 5.75 Å². The lowest BCUT2D eigenvalue weighted by atomic mass is 9.93. The van der Waals surface area contributed by atoms with Gasteiger partial charge in [0.15, 0.2) is 5.96 Å². The van der Waals surface area contributed by atoms with Gasteiger partial charge >= 0.3 is 0 Å². The van der Waals surface area contributed by atoms with Crippen molar-refractivity contribution in [1.82, 2.24) is 19.8 Å². The molecule has 1 aliphatic heterocycles. The van der Waals surface area contributed by atoms with E-state index in [-0.39, 0.29) is 0 Å². The Hall–Kier alpha value is -2.50. The molecule has 1 saturated heterocycles. The van der Waals surface area contributed by atoms with E-state index in [2.05, 4.69) is 39.8 Å². The van der Waals surface area contributed by atoms with Crippen molar-refractivity contribution in [2.24, 2.45) is 10.9 Å². The molecule has 6 heteroatoms. The Morgan fingerprint density at radius 3 is 3.04 bits per heavy atom. The van der Waals surface area contributed by atoms with Gasteiger partial charge in [-0.05, 0) is 43.4 Å². The first kappa shape index (κ1) is 18.3. The summed E-state index contributed by atoms with van der Waals surface area (Å²) in [6, 6.07) is 7.82. The molecule has 0 radical (unpaired) electrons. The third kappa shape index (κ3) is 4.56. The van der Waals surface area contributed by atoms with Gasteiger partial charge in [0, 0.05) is 38.6 Å². The number of aromatic hydroxyl groups is 1. The number of hydrogen-bond acceptors (Lipinski definition) is 3. The molecule has 0 aliphatic carbocycles. The molecule has 2 heterocycles. The van der Waals surface area contributed by atoms with E-state index in [0.717, 1.165) is 44.0 Å². The number of guanidine groups is 1. The number of nitrogens with one attached hydrogen (secondary N) is 1. The third-order valence-electron chi connectivity index (χ3n) is 5.03. The van der Waals surface area contributed by atoms with Gasteiger partial charge in [-0.3, -0.25) is 4.99 Å². The Labute approximate surface area is 155 Å². The molecule has 0 saturated carbocycles. The number of likely N-dealkylation sites (tertiary alicyclic amines) is 1. The molecule has 2 atom stereocenters. The topological polar surface area (TPSA) is 65.7 Å². The van der Waals surface area contributed by atoms with Crippen LogP contribution in [0.1, 0.15) is 31.9 Å². The maximum absolute atomic E-state index is 9.59. The van der Waals surface area contributed by atoms with Gasteiger partial charge in [0.05, 0.1) is 12.4 Å². The summed E-state index contributed by atoms with van der Waals surface area (Å²) in [5.74, 6) is 1.91. The zero-order chi connectivity index (χ0) is 18.4. The second kappa shape index (κ2) is 8.74. The van der Waals surface area contributed by atoms with Gasteiger partial charge in [-0.25, -0.2) is 4.98 Å². The van der Waals surface area contributed by atoms with E-state index in [1.54, 1.807) is 12.1 Å². The summed E-state index contributed by atoms with van der Waals surface area (Å²) in [5, 5.41) is 13.0. The quantitative estimate of drug-likeness (QED) is 0.639. The smallest absolute Gasteiger partial charge is 0.193 e. The molecule has 1 aliphatic rings. The van der Waals surface area contributed by atoms with Crippen LogP contribution in [0.5, 0.6) is 5.75 Å². The number of benzene rings is 1. The number of aliphatic imine (C=N–C) groups is 1. The van der Waals surface area contributed by atoms with Crippen molar-refractivity contribution in [1.29, 1.82) is 0 Å². The van der Waals surface area contributed by atoms with Crippen molar-refractivity contribution < 1.29 is 5.11 Å². The highest BCUT2D eigenvalue weighted by Gasteiger charge is 2.28. The fourth-order valence-electron chi connectivity index (χ4n) is 3.52. The fourth-order valence-corrected chi connectivity index (χ4v) is 3.52. The summed E-state index contributed by atoms with van der Waals surface area (Å²) in [6.07, 6.45) is 7.77. The van der Waals surface area contributed by atoms with Crippen LogP contribution < -0.4 is 5.32 Å². The monoisotopic (exact) mass is 355 g/mol. The lowest BCUT2D eigenvalue weighted by Crippen LogP contribution is -2.49. The zero-order valence-corrected chi connectivity index (χ0v) is 15.7. The van der Waals surface area contributed by atoms with Crippen LogP contribution in [0.4, 0.5) is 0 Å². The summed E-state index contributed by atoms with van der Waals surface area (Å²) >= 11 is 0. The first-order chi connectivity index (χ1) is 12.7. The molecule has 6 nitrogen and oxygen atoms in total. The van der Waals surface area contributed by atoms with E-state index in [1.165, 1.54) is 0 Å². The van der Waals surface area contributed by atoms with Crippen molar-refractivity contribution in [3.63, 3.8) is 0 Å². The van der Waals surface area contributed by atoms with Crippen molar-refractivity contribution in [2.75, 3.05) is 26.2 Å². The number of phenols is 1. The predicted octanol–water partition coefficient (Wildman–Crippen LogP) is 2.68. The number of piperidine rings is 1. The lowest BCUT2D eigenvalue weighted by Gasteiger charge is -2.39. The second-order valence-corrected chi connectivity index (χ2v) is 6.94. The summed E-state index contributed by atoms with van der Waals surface area (Å²) in [5.41, 5.74) is 1.10. The minimum absolute atomic E-state index is 0.312. The van der Waals surface area contributed by atoms with Crippen LogP contribution in [-0.4, -0.2) is 51.7 Å². The fraction of sp³-hybridized carbons (Fsp3) is 0.500. The van der Waals surface area contributed by atoms with E-state index >= 15 is 0 Å². The number of phenolic OH excluding ortho intramolecular Hbond substituents is 1. The van der Waals surface area contributed by atoms with Gasteiger partial charge in [-0.2, -0.15) is 0 Å². The summed E-state index contributed by atoms with van der Waals surface area (Å²) < 4.78 is 2.22. The number of aromatic nitrogens is 2. The molecular formula is C20H29N5O. The van der Waals surface area contributed by atoms with Gasteiger partial charge in [-0.1, -0.05) is 19.1 Å². The summed E-state index contributed by atoms with van der Waals surface area (Å²) in [7, 11) is 0. The molecule has 2 aromatic rings. The Bertz CT molecular complexity index is 713. The van der Waals surface area contributed by atoms with Gasteiger partial charge in [0.2, 0.25) is 0 Å². The molecule has 0 amide bonds. The molecule has 2 N–H and O–H groups in total. The summed E-state index contributed by atoms with van der Waals surface area (Å²) in [6.45, 7) is 7.93. The predicted molar refractivity (Wildman–Crippen MR) is 104 cm³/mol. The molecule has 1 aromatic carbocycles. The molecule has 3 rings (SSSR count). The van der Waals surface area contributed by atoms with Crippen molar-refractivity contribution >= 4 is 5.96 Å². The summed E-state index contributed by atoms with van der Waals surface area (Å²) in [4.78, 5) is 11.4. The Morgan fingerprint density at radius 1 is 1.42 bits per heavy atom. The van der Waals surface area contributed by atoms with Crippen molar-refractivity contribution in [3.05, 3.63) is 48.5 Å². The molecule has 1 fully saturated rings. The molecule has 140 valence electrons. The van der Waals surface area contributed by atoms with Crippen LogP contribution in [-0.2, 0) is 6.42 Å². The molecule has 0 spiro atoms. The Morgan fingerprint density at radius 2 is 2.31 bits per heavy atom. The van der Waals surface area contributed by atoms with E-state index in [0.29, 0.717) is 24.3 Å². The lowest BCUT2D eigenvalue weighted by molar-refractivity contribution is 0.189.